The Morgan fingerprint density at radius 2 is 1.88 bits per heavy atom. The summed E-state index contributed by atoms with van der Waals surface area (Å²) in [6, 6.07) is 15.7. The Balaban J connectivity index is 1.44. The molecule has 1 saturated heterocycles. The first kappa shape index (κ1) is 16.8. The average molecular weight is 340 g/mol. The van der Waals surface area contributed by atoms with Gasteiger partial charge >= 0.3 is 6.03 Å². The number of amides is 2. The zero-order chi connectivity index (χ0) is 17.6. The fourth-order valence-electron chi connectivity index (χ4n) is 2.95. The van der Waals surface area contributed by atoms with Gasteiger partial charge in [0.15, 0.2) is 0 Å². The molecule has 3 rings (SSSR count). The van der Waals surface area contributed by atoms with Crippen molar-refractivity contribution in [1.82, 2.24) is 5.32 Å². The van der Waals surface area contributed by atoms with Crippen molar-refractivity contribution in [3.8, 4) is 0 Å². The number of anilines is 2. The van der Waals surface area contributed by atoms with E-state index >= 15 is 0 Å². The molecule has 7 nitrogen and oxygen atoms in total. The van der Waals surface area contributed by atoms with Gasteiger partial charge in [0, 0.05) is 43.1 Å². The average Bonchev–Trinajstić information content (AvgIpc) is 3.10. The van der Waals surface area contributed by atoms with Gasteiger partial charge < -0.3 is 15.5 Å². The van der Waals surface area contributed by atoms with Gasteiger partial charge in [0.25, 0.3) is 5.69 Å². The number of rotatable bonds is 5. The van der Waals surface area contributed by atoms with Crippen molar-refractivity contribution in [2.24, 2.45) is 5.92 Å². The summed E-state index contributed by atoms with van der Waals surface area (Å²) in [7, 11) is 0. The Bertz CT molecular complexity index is 734. The minimum absolute atomic E-state index is 0.00193. The summed E-state index contributed by atoms with van der Waals surface area (Å²) in [5, 5.41) is 16.2. The molecule has 0 radical (unpaired) electrons. The van der Waals surface area contributed by atoms with E-state index in [2.05, 4.69) is 27.7 Å². The monoisotopic (exact) mass is 340 g/mol. The summed E-state index contributed by atoms with van der Waals surface area (Å²) in [4.78, 5) is 24.4. The first-order valence-corrected chi connectivity index (χ1v) is 8.21. The van der Waals surface area contributed by atoms with Crippen LogP contribution >= 0.6 is 0 Å². The number of benzene rings is 2. The summed E-state index contributed by atoms with van der Waals surface area (Å²) in [5.41, 5.74) is 1.73. The van der Waals surface area contributed by atoms with Gasteiger partial charge in [-0.25, -0.2) is 4.79 Å². The van der Waals surface area contributed by atoms with Crippen molar-refractivity contribution >= 4 is 23.1 Å². The molecule has 7 heteroatoms. The fourth-order valence-corrected chi connectivity index (χ4v) is 2.95. The molecule has 1 heterocycles. The van der Waals surface area contributed by atoms with Crippen LogP contribution in [0.1, 0.15) is 6.42 Å². The van der Waals surface area contributed by atoms with E-state index < -0.39 is 4.92 Å². The smallest absolute Gasteiger partial charge is 0.319 e. The minimum Gasteiger partial charge on any atom is -0.371 e. The molecule has 2 N–H and O–H groups in total. The van der Waals surface area contributed by atoms with E-state index in [9.17, 15) is 14.9 Å². The predicted octanol–water partition coefficient (Wildman–Crippen LogP) is 3.24. The molecule has 0 unspecified atom stereocenters. The number of hydrogen-bond donors (Lipinski definition) is 2. The van der Waals surface area contributed by atoms with E-state index in [1.807, 2.05) is 18.2 Å². The molecule has 2 aromatic carbocycles. The van der Waals surface area contributed by atoms with Crippen molar-refractivity contribution in [3.05, 3.63) is 64.7 Å². The van der Waals surface area contributed by atoms with E-state index in [1.54, 1.807) is 0 Å². The second-order valence-corrected chi connectivity index (χ2v) is 6.08. The SMILES string of the molecule is O=C(NC[C@H]1CCN(c2ccccc2)C1)Nc1ccc([N+](=O)[O-])cc1. The highest BCUT2D eigenvalue weighted by Gasteiger charge is 2.22. The number of non-ortho nitro benzene ring substituents is 1. The number of nitro groups is 1. The van der Waals surface area contributed by atoms with Crippen LogP contribution in [0.15, 0.2) is 54.6 Å². The molecule has 0 spiro atoms. The van der Waals surface area contributed by atoms with E-state index in [0.29, 0.717) is 18.2 Å². The highest BCUT2D eigenvalue weighted by atomic mass is 16.6. The number of carbonyl (C=O) groups excluding carboxylic acids is 1. The van der Waals surface area contributed by atoms with Crippen molar-refractivity contribution in [2.45, 2.75) is 6.42 Å². The van der Waals surface area contributed by atoms with Gasteiger partial charge in [-0.05, 0) is 36.6 Å². The Kier molecular flexibility index (Phi) is 5.13. The van der Waals surface area contributed by atoms with Crippen LogP contribution < -0.4 is 15.5 Å². The van der Waals surface area contributed by atoms with Crippen LogP contribution in [0.3, 0.4) is 0 Å². The Morgan fingerprint density at radius 1 is 1.16 bits per heavy atom. The summed E-state index contributed by atoms with van der Waals surface area (Å²) < 4.78 is 0. The normalized spacial score (nSPS) is 16.5. The standard InChI is InChI=1S/C18H20N4O3/c23-18(20-15-6-8-17(9-7-15)22(24)25)19-12-14-10-11-21(13-14)16-4-2-1-3-5-16/h1-9,14H,10-13H2,(H2,19,20,23)/t14-/m1/s1. The lowest BCUT2D eigenvalue weighted by molar-refractivity contribution is -0.384. The first-order valence-electron chi connectivity index (χ1n) is 8.21. The lowest BCUT2D eigenvalue weighted by atomic mass is 10.1. The van der Waals surface area contributed by atoms with Crippen LogP contribution in [-0.2, 0) is 0 Å². The molecule has 1 aliphatic heterocycles. The van der Waals surface area contributed by atoms with Gasteiger partial charge in [-0.1, -0.05) is 18.2 Å². The van der Waals surface area contributed by atoms with Crippen LogP contribution in [-0.4, -0.2) is 30.6 Å². The van der Waals surface area contributed by atoms with Crippen molar-refractivity contribution in [3.63, 3.8) is 0 Å². The van der Waals surface area contributed by atoms with Gasteiger partial charge in [0.2, 0.25) is 0 Å². The molecule has 0 aliphatic carbocycles. The summed E-state index contributed by atoms with van der Waals surface area (Å²) in [6.07, 6.45) is 1.03. The Labute approximate surface area is 145 Å². The molecule has 1 aliphatic rings. The number of nitrogens with zero attached hydrogens (tertiary/aromatic N) is 2. The zero-order valence-corrected chi connectivity index (χ0v) is 13.7. The van der Waals surface area contributed by atoms with E-state index in [4.69, 9.17) is 0 Å². The number of nitro benzene ring substituents is 1. The second-order valence-electron chi connectivity index (χ2n) is 6.08. The molecule has 0 bridgehead atoms. The van der Waals surface area contributed by atoms with Crippen LogP contribution in [0.2, 0.25) is 0 Å². The topological polar surface area (TPSA) is 87.5 Å². The van der Waals surface area contributed by atoms with Gasteiger partial charge in [-0.3, -0.25) is 10.1 Å². The quantitative estimate of drug-likeness (QED) is 0.646. The first-order chi connectivity index (χ1) is 12.1. The number of hydrogen-bond acceptors (Lipinski definition) is 4. The highest BCUT2D eigenvalue weighted by Crippen LogP contribution is 2.23. The summed E-state index contributed by atoms with van der Waals surface area (Å²) in [6.45, 7) is 2.50. The lowest BCUT2D eigenvalue weighted by Crippen LogP contribution is -2.34. The van der Waals surface area contributed by atoms with Crippen molar-refractivity contribution in [1.29, 1.82) is 0 Å². The van der Waals surface area contributed by atoms with Crippen molar-refractivity contribution in [2.75, 3.05) is 29.9 Å². The maximum absolute atomic E-state index is 12.0. The highest BCUT2D eigenvalue weighted by molar-refractivity contribution is 5.89. The summed E-state index contributed by atoms with van der Waals surface area (Å²) in [5.74, 6) is 0.405. The van der Waals surface area contributed by atoms with Crippen LogP contribution in [0.4, 0.5) is 21.9 Å². The molecule has 1 atom stereocenters. The van der Waals surface area contributed by atoms with Gasteiger partial charge in [0.05, 0.1) is 4.92 Å². The fraction of sp³-hybridized carbons (Fsp3) is 0.278. The minimum atomic E-state index is -0.470. The zero-order valence-electron chi connectivity index (χ0n) is 13.7. The summed E-state index contributed by atoms with van der Waals surface area (Å²) >= 11 is 0. The lowest BCUT2D eigenvalue weighted by Gasteiger charge is -2.18. The molecule has 2 aromatic rings. The second kappa shape index (κ2) is 7.65. The molecule has 0 aromatic heterocycles. The van der Waals surface area contributed by atoms with Gasteiger partial charge in [-0.15, -0.1) is 0 Å². The van der Waals surface area contributed by atoms with E-state index in [0.717, 1.165) is 19.5 Å². The van der Waals surface area contributed by atoms with E-state index in [-0.39, 0.29) is 11.7 Å². The molecular weight excluding hydrogens is 320 g/mol. The Morgan fingerprint density at radius 3 is 2.56 bits per heavy atom. The van der Waals surface area contributed by atoms with Crippen LogP contribution in [0.25, 0.3) is 0 Å². The van der Waals surface area contributed by atoms with E-state index in [1.165, 1.54) is 30.0 Å². The molecule has 25 heavy (non-hydrogen) atoms. The number of nitrogens with one attached hydrogen (secondary N) is 2. The number of para-hydroxylation sites is 1. The maximum atomic E-state index is 12.0. The number of urea groups is 1. The van der Waals surface area contributed by atoms with Crippen LogP contribution in [0.5, 0.6) is 0 Å². The largest absolute Gasteiger partial charge is 0.371 e. The molecule has 0 saturated carbocycles. The molecule has 1 fully saturated rings. The number of carbonyl (C=O) groups is 1. The molecular formula is C18H20N4O3. The molecule has 130 valence electrons. The predicted molar refractivity (Wildman–Crippen MR) is 96.9 cm³/mol. The Hall–Kier alpha value is -3.09. The van der Waals surface area contributed by atoms with Gasteiger partial charge in [0.1, 0.15) is 0 Å². The third kappa shape index (κ3) is 4.47. The van der Waals surface area contributed by atoms with Gasteiger partial charge in [-0.2, -0.15) is 0 Å². The van der Waals surface area contributed by atoms with Crippen LogP contribution in [0, 0.1) is 16.0 Å². The maximum Gasteiger partial charge on any atom is 0.319 e. The van der Waals surface area contributed by atoms with Crippen molar-refractivity contribution < 1.29 is 9.72 Å². The third-order valence-corrected chi connectivity index (χ3v) is 4.29. The third-order valence-electron chi connectivity index (χ3n) is 4.29. The molecule has 2 amide bonds.